The summed E-state index contributed by atoms with van der Waals surface area (Å²) in [6.07, 6.45) is 5.59. The van der Waals surface area contributed by atoms with E-state index in [1.807, 2.05) is 6.20 Å². The van der Waals surface area contributed by atoms with Crippen LogP contribution in [0.25, 0.3) is 0 Å². The first kappa shape index (κ1) is 17.9. The summed E-state index contributed by atoms with van der Waals surface area (Å²) in [5.74, 6) is 1.31. The number of unbranched alkanes of at least 4 members (excludes halogenated alkanes) is 1. The number of hydrogen-bond donors (Lipinski definition) is 1. The number of anilines is 1. The van der Waals surface area contributed by atoms with E-state index in [1.54, 1.807) is 0 Å². The largest absolute Gasteiger partial charge is 0.369 e. The highest BCUT2D eigenvalue weighted by molar-refractivity contribution is 5.49. The molecule has 0 aliphatic rings. The van der Waals surface area contributed by atoms with E-state index in [-0.39, 0.29) is 0 Å². The van der Waals surface area contributed by atoms with Crippen molar-refractivity contribution in [2.24, 2.45) is 0 Å². The second-order valence-corrected chi connectivity index (χ2v) is 5.82. The third-order valence-electron chi connectivity index (χ3n) is 3.60. The Hall–Kier alpha value is -1.16. The van der Waals surface area contributed by atoms with Crippen molar-refractivity contribution < 1.29 is 0 Å². The van der Waals surface area contributed by atoms with Crippen molar-refractivity contribution in [3.63, 3.8) is 0 Å². The summed E-state index contributed by atoms with van der Waals surface area (Å²) < 4.78 is 0. The maximum absolute atomic E-state index is 4.81. The van der Waals surface area contributed by atoms with Gasteiger partial charge in [0.2, 0.25) is 0 Å². The van der Waals surface area contributed by atoms with E-state index < -0.39 is 0 Å². The van der Waals surface area contributed by atoms with E-state index >= 15 is 0 Å². The van der Waals surface area contributed by atoms with Gasteiger partial charge in [0.25, 0.3) is 0 Å². The van der Waals surface area contributed by atoms with Crippen molar-refractivity contribution in [1.82, 2.24) is 15.3 Å². The lowest BCUT2D eigenvalue weighted by Gasteiger charge is -2.25. The summed E-state index contributed by atoms with van der Waals surface area (Å²) >= 11 is 0. The van der Waals surface area contributed by atoms with Gasteiger partial charge in [-0.3, -0.25) is 0 Å². The first-order valence-corrected chi connectivity index (χ1v) is 8.45. The van der Waals surface area contributed by atoms with Crippen LogP contribution in [0.3, 0.4) is 0 Å². The first-order chi connectivity index (χ1) is 10.1. The van der Waals surface area contributed by atoms with Gasteiger partial charge in [-0.05, 0) is 26.3 Å². The predicted molar refractivity (Wildman–Crippen MR) is 90.9 cm³/mol. The monoisotopic (exact) mass is 292 g/mol. The Morgan fingerprint density at radius 1 is 1.19 bits per heavy atom. The van der Waals surface area contributed by atoms with Crippen LogP contribution < -0.4 is 10.2 Å². The molecule has 1 aromatic heterocycles. The minimum atomic E-state index is 0.370. The summed E-state index contributed by atoms with van der Waals surface area (Å²) in [6, 6.07) is 0. The van der Waals surface area contributed by atoms with Gasteiger partial charge >= 0.3 is 0 Å². The summed E-state index contributed by atoms with van der Waals surface area (Å²) in [7, 11) is 0. The van der Waals surface area contributed by atoms with Gasteiger partial charge in [0.1, 0.15) is 5.82 Å². The van der Waals surface area contributed by atoms with Crippen LogP contribution in [0.5, 0.6) is 0 Å². The molecule has 21 heavy (non-hydrogen) atoms. The molecule has 4 heteroatoms. The van der Waals surface area contributed by atoms with Crippen molar-refractivity contribution in [1.29, 1.82) is 0 Å². The van der Waals surface area contributed by atoms with Gasteiger partial charge in [0.05, 0.1) is 17.6 Å². The third-order valence-corrected chi connectivity index (χ3v) is 3.60. The Morgan fingerprint density at radius 2 is 1.95 bits per heavy atom. The molecular formula is C17H32N4. The van der Waals surface area contributed by atoms with Crippen molar-refractivity contribution in [3.05, 3.63) is 17.7 Å². The maximum atomic E-state index is 4.81. The summed E-state index contributed by atoms with van der Waals surface area (Å²) in [5.41, 5.74) is 2.33. The summed E-state index contributed by atoms with van der Waals surface area (Å²) in [5, 5.41) is 3.48. The molecule has 0 aliphatic heterocycles. The topological polar surface area (TPSA) is 41.1 Å². The molecule has 0 fully saturated rings. The molecular weight excluding hydrogens is 260 g/mol. The zero-order chi connectivity index (χ0) is 15.7. The summed E-state index contributed by atoms with van der Waals surface area (Å²) in [6.45, 7) is 14.9. The highest BCUT2D eigenvalue weighted by Gasteiger charge is 2.14. The molecule has 1 N–H and O–H groups in total. The van der Waals surface area contributed by atoms with Gasteiger partial charge in [0.15, 0.2) is 0 Å². The van der Waals surface area contributed by atoms with Crippen molar-refractivity contribution in [2.75, 3.05) is 24.5 Å². The quantitative estimate of drug-likeness (QED) is 0.667. The second-order valence-electron chi connectivity index (χ2n) is 5.82. The molecule has 0 amide bonds. The van der Waals surface area contributed by atoms with E-state index in [0.717, 1.165) is 44.1 Å². The van der Waals surface area contributed by atoms with Gasteiger partial charge in [-0.2, -0.15) is 0 Å². The van der Waals surface area contributed by atoms with Gasteiger partial charge < -0.3 is 10.2 Å². The zero-order valence-electron chi connectivity index (χ0n) is 14.4. The molecule has 0 saturated heterocycles. The molecule has 0 radical (unpaired) electrons. The Labute approximate surface area is 130 Å². The standard InChI is InChI=1S/C17H32N4/c1-6-9-11-21(8-3)16-13-19-17(14(4)5)20-15(16)12-18-10-7-2/h13-14,18H,6-12H2,1-5H3. The van der Waals surface area contributed by atoms with Gasteiger partial charge in [0, 0.05) is 25.6 Å². The molecule has 0 atom stereocenters. The second kappa shape index (κ2) is 9.72. The van der Waals surface area contributed by atoms with Crippen LogP contribution in [0.2, 0.25) is 0 Å². The van der Waals surface area contributed by atoms with Crippen LogP contribution in [0.1, 0.15) is 71.3 Å². The number of rotatable bonds is 10. The molecule has 1 heterocycles. The smallest absolute Gasteiger partial charge is 0.131 e. The molecule has 1 rings (SSSR count). The van der Waals surface area contributed by atoms with E-state index in [9.17, 15) is 0 Å². The zero-order valence-corrected chi connectivity index (χ0v) is 14.4. The molecule has 0 aliphatic carbocycles. The average molecular weight is 292 g/mol. The number of hydrogen-bond acceptors (Lipinski definition) is 4. The fourth-order valence-corrected chi connectivity index (χ4v) is 2.28. The molecule has 0 saturated carbocycles. The van der Waals surface area contributed by atoms with Crippen molar-refractivity contribution >= 4 is 5.69 Å². The van der Waals surface area contributed by atoms with Crippen molar-refractivity contribution in [3.8, 4) is 0 Å². The normalized spacial score (nSPS) is 11.1. The van der Waals surface area contributed by atoms with Crippen LogP contribution in [0.4, 0.5) is 5.69 Å². The van der Waals surface area contributed by atoms with Crippen LogP contribution >= 0.6 is 0 Å². The average Bonchev–Trinajstić information content (AvgIpc) is 2.49. The van der Waals surface area contributed by atoms with Gasteiger partial charge in [-0.25, -0.2) is 9.97 Å². The molecule has 1 aromatic rings. The van der Waals surface area contributed by atoms with Crippen LogP contribution in [-0.4, -0.2) is 29.6 Å². The Balaban J connectivity index is 2.97. The highest BCUT2D eigenvalue weighted by Crippen LogP contribution is 2.21. The molecule has 0 spiro atoms. The third kappa shape index (κ3) is 5.62. The molecule has 0 unspecified atom stereocenters. The number of nitrogens with zero attached hydrogens (tertiary/aromatic N) is 3. The van der Waals surface area contributed by atoms with E-state index in [4.69, 9.17) is 4.98 Å². The molecule has 0 bridgehead atoms. The molecule has 4 nitrogen and oxygen atoms in total. The minimum absolute atomic E-state index is 0.370. The maximum Gasteiger partial charge on any atom is 0.131 e. The highest BCUT2D eigenvalue weighted by atomic mass is 15.1. The lowest BCUT2D eigenvalue weighted by Crippen LogP contribution is -2.27. The van der Waals surface area contributed by atoms with Crippen LogP contribution in [-0.2, 0) is 6.54 Å². The predicted octanol–water partition coefficient (Wildman–Crippen LogP) is 3.73. The van der Waals surface area contributed by atoms with Gasteiger partial charge in [-0.1, -0.05) is 34.1 Å². The van der Waals surface area contributed by atoms with Gasteiger partial charge in [-0.15, -0.1) is 0 Å². The molecule has 0 aromatic carbocycles. The SMILES string of the molecule is CCCCN(CC)c1cnc(C(C)C)nc1CNCCC. The number of aromatic nitrogens is 2. The van der Waals surface area contributed by atoms with E-state index in [0.29, 0.717) is 5.92 Å². The van der Waals surface area contributed by atoms with Crippen LogP contribution in [0, 0.1) is 0 Å². The fourth-order valence-electron chi connectivity index (χ4n) is 2.28. The molecule has 120 valence electrons. The Kier molecular flexibility index (Phi) is 8.28. The first-order valence-electron chi connectivity index (χ1n) is 8.45. The van der Waals surface area contributed by atoms with E-state index in [1.165, 1.54) is 18.5 Å². The Morgan fingerprint density at radius 3 is 2.52 bits per heavy atom. The van der Waals surface area contributed by atoms with Crippen LogP contribution in [0.15, 0.2) is 6.20 Å². The van der Waals surface area contributed by atoms with E-state index in [2.05, 4.69) is 49.8 Å². The number of nitrogens with one attached hydrogen (secondary N) is 1. The lowest BCUT2D eigenvalue weighted by atomic mass is 10.2. The van der Waals surface area contributed by atoms with Crippen molar-refractivity contribution in [2.45, 2.75) is 66.3 Å². The fraction of sp³-hybridized carbons (Fsp3) is 0.765. The summed E-state index contributed by atoms with van der Waals surface area (Å²) in [4.78, 5) is 11.8. The Bertz CT molecular complexity index is 404. The lowest BCUT2D eigenvalue weighted by molar-refractivity contribution is 0.644. The minimum Gasteiger partial charge on any atom is -0.369 e.